The average molecular weight is 637 g/mol. The highest BCUT2D eigenvalue weighted by molar-refractivity contribution is 6.02. The fourth-order valence-electron chi connectivity index (χ4n) is 7.26. The number of anilines is 1. The van der Waals surface area contributed by atoms with Gasteiger partial charge in [0.25, 0.3) is 5.91 Å². The molecule has 9 nitrogen and oxygen atoms in total. The number of likely N-dealkylation sites (tertiary alicyclic amines) is 1. The molecule has 0 aliphatic carbocycles. The van der Waals surface area contributed by atoms with Gasteiger partial charge in [0.05, 0.1) is 16.8 Å². The highest BCUT2D eigenvalue weighted by Crippen LogP contribution is 2.48. The van der Waals surface area contributed by atoms with E-state index in [1.54, 1.807) is 24.8 Å². The number of carbonyl (C=O) groups excluding carboxylic acids is 1. The van der Waals surface area contributed by atoms with E-state index in [1.165, 1.54) is 6.07 Å². The molecular formula is C37H41FN6O3. The van der Waals surface area contributed by atoms with Crippen LogP contribution in [0.2, 0.25) is 0 Å². The lowest BCUT2D eigenvalue weighted by atomic mass is 10.0. The maximum absolute atomic E-state index is 16.3. The van der Waals surface area contributed by atoms with Gasteiger partial charge >= 0.3 is 0 Å². The van der Waals surface area contributed by atoms with Crippen LogP contribution in [-0.2, 0) is 0 Å². The van der Waals surface area contributed by atoms with Crippen LogP contribution in [0.15, 0.2) is 72.0 Å². The second kappa shape index (κ2) is 12.8. The summed E-state index contributed by atoms with van der Waals surface area (Å²) in [5.74, 6) is -0.137. The molecule has 3 aromatic carbocycles. The van der Waals surface area contributed by atoms with E-state index in [-0.39, 0.29) is 24.0 Å². The van der Waals surface area contributed by atoms with Crippen LogP contribution >= 0.6 is 0 Å². The summed E-state index contributed by atoms with van der Waals surface area (Å²) in [7, 11) is 2.10. The first-order valence-corrected chi connectivity index (χ1v) is 16.6. The third-order valence-electron chi connectivity index (χ3n) is 9.65. The monoisotopic (exact) mass is 636 g/mol. The van der Waals surface area contributed by atoms with Crippen LogP contribution in [0.4, 0.5) is 10.1 Å². The molecule has 47 heavy (non-hydrogen) atoms. The van der Waals surface area contributed by atoms with Crippen LogP contribution in [0.5, 0.6) is 11.5 Å². The maximum atomic E-state index is 16.3. The van der Waals surface area contributed by atoms with E-state index in [1.807, 2.05) is 59.7 Å². The molecule has 0 spiro atoms. The molecule has 8 rings (SSSR count). The Bertz CT molecular complexity index is 2040. The zero-order valence-corrected chi connectivity index (χ0v) is 27.0. The van der Waals surface area contributed by atoms with E-state index in [9.17, 15) is 9.59 Å². The second-order valence-corrected chi connectivity index (χ2v) is 12.3. The van der Waals surface area contributed by atoms with Crippen LogP contribution in [0.1, 0.15) is 62.9 Å². The van der Waals surface area contributed by atoms with Crippen molar-refractivity contribution in [3.05, 3.63) is 94.5 Å². The van der Waals surface area contributed by atoms with E-state index in [4.69, 9.17) is 4.74 Å². The van der Waals surface area contributed by atoms with E-state index < -0.39 is 17.2 Å². The minimum atomic E-state index is -0.563. The Hall–Kier alpha value is -4.83. The Morgan fingerprint density at radius 2 is 1.91 bits per heavy atom. The first-order valence-electron chi connectivity index (χ1n) is 16.6. The summed E-state index contributed by atoms with van der Waals surface area (Å²) in [4.78, 5) is 40.4. The van der Waals surface area contributed by atoms with Gasteiger partial charge < -0.3 is 24.4 Å². The predicted molar refractivity (Wildman–Crippen MR) is 185 cm³/mol. The van der Waals surface area contributed by atoms with Crippen molar-refractivity contribution >= 4 is 33.3 Å². The number of pyridine rings is 1. The fourth-order valence-corrected chi connectivity index (χ4v) is 7.26. The van der Waals surface area contributed by atoms with Gasteiger partial charge in [0.2, 0.25) is 5.43 Å². The third kappa shape index (κ3) is 5.50. The van der Waals surface area contributed by atoms with E-state index in [2.05, 4.69) is 27.2 Å². The van der Waals surface area contributed by atoms with Gasteiger partial charge in [-0.05, 0) is 68.2 Å². The molecule has 5 aromatic rings. The molecule has 244 valence electrons. The number of nitrogens with zero attached hydrogens (tertiary/aromatic N) is 5. The summed E-state index contributed by atoms with van der Waals surface area (Å²) < 4.78 is 24.6. The van der Waals surface area contributed by atoms with Crippen molar-refractivity contribution in [2.45, 2.75) is 51.5 Å². The normalized spacial score (nSPS) is 18.5. The smallest absolute Gasteiger partial charge is 0.256 e. The van der Waals surface area contributed by atoms with Gasteiger partial charge in [-0.2, -0.15) is 0 Å². The SMILES string of the molecule is CC.CN1CCC[C@H]1CCNC(=O)c1cn2c3c(c(N4CCC(c5cnccn5)C4)c(F)cc3c1=O)Oc1cc3ccccc3cc1-2.[HH]. The first-order chi connectivity index (χ1) is 23.0. The van der Waals surface area contributed by atoms with Crippen molar-refractivity contribution in [3.8, 4) is 17.2 Å². The Labute approximate surface area is 274 Å². The number of halogens is 1. The number of carbonyl (C=O) groups is 1. The summed E-state index contributed by atoms with van der Waals surface area (Å²) >= 11 is 0. The first kappa shape index (κ1) is 30.8. The van der Waals surface area contributed by atoms with Gasteiger partial charge in [0.1, 0.15) is 16.8 Å². The lowest BCUT2D eigenvalue weighted by Crippen LogP contribution is -2.34. The Balaban J connectivity index is 0.00000131. The largest absolute Gasteiger partial charge is 0.451 e. The predicted octanol–water partition coefficient (Wildman–Crippen LogP) is 6.66. The molecule has 0 saturated carbocycles. The molecule has 2 fully saturated rings. The molecular weight excluding hydrogens is 595 g/mol. The number of fused-ring (bicyclic) bond motifs is 3. The Morgan fingerprint density at radius 1 is 1.11 bits per heavy atom. The van der Waals surface area contributed by atoms with Gasteiger partial charge in [0, 0.05) is 57.8 Å². The minimum absolute atomic E-state index is 0. The van der Waals surface area contributed by atoms with Gasteiger partial charge in [-0.25, -0.2) is 4.39 Å². The van der Waals surface area contributed by atoms with Crippen molar-refractivity contribution in [1.29, 1.82) is 0 Å². The molecule has 2 saturated heterocycles. The Kier molecular flexibility index (Phi) is 8.36. The quantitative estimate of drug-likeness (QED) is 0.219. The number of aromatic nitrogens is 3. The highest BCUT2D eigenvalue weighted by atomic mass is 19.1. The molecule has 0 radical (unpaired) electrons. The summed E-state index contributed by atoms with van der Waals surface area (Å²) in [6.45, 7) is 6.63. The van der Waals surface area contributed by atoms with Crippen LogP contribution in [0, 0.1) is 5.82 Å². The zero-order chi connectivity index (χ0) is 32.7. The number of ether oxygens (including phenoxy) is 1. The fraction of sp³-hybridized carbons (Fsp3) is 0.351. The van der Waals surface area contributed by atoms with Gasteiger partial charge in [-0.1, -0.05) is 38.1 Å². The average Bonchev–Trinajstić information content (AvgIpc) is 3.75. The molecule has 0 bridgehead atoms. The zero-order valence-electron chi connectivity index (χ0n) is 27.0. The molecule has 3 aliphatic rings. The molecule has 10 heteroatoms. The van der Waals surface area contributed by atoms with Crippen LogP contribution < -0.4 is 20.4 Å². The lowest BCUT2D eigenvalue weighted by Gasteiger charge is -2.29. The molecule has 1 amide bonds. The van der Waals surface area contributed by atoms with E-state index >= 15 is 4.39 Å². The van der Waals surface area contributed by atoms with Crippen molar-refractivity contribution in [2.24, 2.45) is 0 Å². The van der Waals surface area contributed by atoms with Gasteiger partial charge in [-0.15, -0.1) is 0 Å². The second-order valence-electron chi connectivity index (χ2n) is 12.3. The van der Waals surface area contributed by atoms with Crippen molar-refractivity contribution in [1.82, 2.24) is 24.8 Å². The lowest BCUT2D eigenvalue weighted by molar-refractivity contribution is 0.0949. The van der Waals surface area contributed by atoms with Crippen molar-refractivity contribution < 1.29 is 15.3 Å². The number of nitrogens with one attached hydrogen (secondary N) is 1. The van der Waals surface area contributed by atoms with Gasteiger partial charge in [-0.3, -0.25) is 19.6 Å². The molecule has 3 aliphatic heterocycles. The van der Waals surface area contributed by atoms with E-state index in [0.717, 1.165) is 48.7 Å². The maximum Gasteiger partial charge on any atom is 0.256 e. The summed E-state index contributed by atoms with van der Waals surface area (Å²) in [5.41, 5.74) is 1.76. The van der Waals surface area contributed by atoms with Crippen molar-refractivity contribution in [2.75, 3.05) is 38.1 Å². The van der Waals surface area contributed by atoms with Crippen LogP contribution in [-0.4, -0.2) is 64.6 Å². The van der Waals surface area contributed by atoms with Gasteiger partial charge in [0.15, 0.2) is 17.3 Å². The van der Waals surface area contributed by atoms with Crippen LogP contribution in [0.3, 0.4) is 0 Å². The molecule has 5 heterocycles. The molecule has 1 N–H and O–H groups in total. The molecule has 2 aromatic heterocycles. The molecule has 1 unspecified atom stereocenters. The third-order valence-corrected chi connectivity index (χ3v) is 9.65. The van der Waals surface area contributed by atoms with Crippen molar-refractivity contribution in [3.63, 3.8) is 0 Å². The topological polar surface area (TPSA) is 92.6 Å². The highest BCUT2D eigenvalue weighted by Gasteiger charge is 2.34. The number of rotatable bonds is 6. The number of amides is 1. The summed E-state index contributed by atoms with van der Waals surface area (Å²) in [5, 5.41) is 5.01. The molecule has 2 atom stereocenters. The number of benzene rings is 3. The van der Waals surface area contributed by atoms with E-state index in [0.29, 0.717) is 48.3 Å². The Morgan fingerprint density at radius 3 is 2.66 bits per heavy atom. The number of hydrogen-bond acceptors (Lipinski definition) is 7. The minimum Gasteiger partial charge on any atom is -0.451 e. The summed E-state index contributed by atoms with van der Waals surface area (Å²) in [6.07, 6.45) is 10.5. The number of hydrogen-bond donors (Lipinski definition) is 1. The standard InChI is InChI=1S/C35H33FN6O3.C2H6.H2/c1-40-13-4-7-24(40)8-10-39-35(44)26-20-42-29-15-21-5-2-3-6-22(21)16-30(29)45-34-31(42)25(33(26)43)17-27(36)32(34)41-14-9-23(19-41)28-18-37-11-12-38-28;1-2;/h2-3,5-6,11-12,15-18,20,23-24H,4,7-10,13-14,19H2,1H3,(H,39,44);1-2H3;1H/t23?,24-;;/m0../s1. The summed E-state index contributed by atoms with van der Waals surface area (Å²) in [6, 6.07) is 13.5. The van der Waals surface area contributed by atoms with Crippen LogP contribution in [0.25, 0.3) is 27.4 Å².